The molecule has 2 aliphatic heterocycles. The number of rotatable bonds is 7. The van der Waals surface area contributed by atoms with Crippen molar-refractivity contribution in [1.29, 1.82) is 0 Å². The summed E-state index contributed by atoms with van der Waals surface area (Å²) in [5, 5.41) is 12.6. The summed E-state index contributed by atoms with van der Waals surface area (Å²) < 4.78 is 53.0. The summed E-state index contributed by atoms with van der Waals surface area (Å²) in [6, 6.07) is 7.99. The molecule has 35 heavy (non-hydrogen) atoms. The van der Waals surface area contributed by atoms with Crippen LogP contribution in [0.3, 0.4) is 0 Å². The summed E-state index contributed by atoms with van der Waals surface area (Å²) in [4.78, 5) is 12.3. The Hall–Kier alpha value is -3.24. The fraction of sp³-hybridized carbons (Fsp3) is 0.300. The predicted octanol–water partition coefficient (Wildman–Crippen LogP) is 0.0460. The van der Waals surface area contributed by atoms with Crippen LogP contribution in [-0.2, 0) is 19.9 Å². The van der Waals surface area contributed by atoms with E-state index in [1.807, 2.05) is 4.90 Å². The SMILES string of the molecule is NCCN1CC(S(=O)(=O)c2ccc(-c3cccc4[nH]c(N)nc34)c(C3=NCN=N3)c2S(N)(=O)=O)C1. The first-order valence-electron chi connectivity index (χ1n) is 10.6. The second-order valence-electron chi connectivity index (χ2n) is 8.26. The van der Waals surface area contributed by atoms with Gasteiger partial charge in [-0.25, -0.2) is 32.0 Å². The number of amidine groups is 1. The number of para-hydroxylation sites is 1. The number of likely N-dealkylation sites (tertiary alicyclic amines) is 1. The number of fused-ring (bicyclic) bond motifs is 1. The van der Waals surface area contributed by atoms with Crippen LogP contribution in [0.25, 0.3) is 22.2 Å². The normalized spacial score (nSPS) is 17.1. The topological polar surface area (TPSA) is 215 Å². The van der Waals surface area contributed by atoms with Gasteiger partial charge in [0.25, 0.3) is 0 Å². The smallest absolute Gasteiger partial charge is 0.240 e. The van der Waals surface area contributed by atoms with Crippen molar-refractivity contribution in [2.24, 2.45) is 26.1 Å². The van der Waals surface area contributed by atoms with Crippen molar-refractivity contribution in [1.82, 2.24) is 14.9 Å². The molecule has 0 radical (unpaired) electrons. The number of benzene rings is 2. The van der Waals surface area contributed by atoms with Crippen molar-refractivity contribution in [3.63, 3.8) is 0 Å². The summed E-state index contributed by atoms with van der Waals surface area (Å²) in [6.45, 7) is 1.40. The number of nitrogens with zero attached hydrogens (tertiary/aromatic N) is 5. The Bertz CT molecular complexity index is 1600. The minimum Gasteiger partial charge on any atom is -0.369 e. The number of sulfone groups is 1. The molecule has 3 aromatic rings. The number of nitrogens with two attached hydrogens (primary N) is 3. The lowest BCUT2D eigenvalue weighted by molar-refractivity contribution is 0.190. The van der Waals surface area contributed by atoms with E-state index in [4.69, 9.17) is 16.6 Å². The van der Waals surface area contributed by atoms with Crippen LogP contribution in [0.15, 0.2) is 55.3 Å². The molecule has 0 atom stereocenters. The lowest BCUT2D eigenvalue weighted by Gasteiger charge is -2.38. The molecule has 1 fully saturated rings. The number of anilines is 1. The Morgan fingerprint density at radius 1 is 1.09 bits per heavy atom. The molecule has 0 spiro atoms. The molecule has 0 aliphatic carbocycles. The number of hydrogen-bond acceptors (Lipinski definition) is 11. The van der Waals surface area contributed by atoms with E-state index < -0.39 is 34.9 Å². The van der Waals surface area contributed by atoms with Gasteiger partial charge in [0.1, 0.15) is 4.90 Å². The highest BCUT2D eigenvalue weighted by atomic mass is 32.2. The van der Waals surface area contributed by atoms with Gasteiger partial charge in [0.15, 0.2) is 28.3 Å². The highest BCUT2D eigenvalue weighted by Crippen LogP contribution is 2.39. The van der Waals surface area contributed by atoms with E-state index in [-0.39, 0.29) is 37.1 Å². The number of aromatic amines is 1. The molecule has 2 aromatic carbocycles. The number of aliphatic imine (C=N–C) groups is 1. The third kappa shape index (κ3) is 4.00. The lowest BCUT2D eigenvalue weighted by atomic mass is 9.97. The van der Waals surface area contributed by atoms with Gasteiger partial charge in [0.05, 0.1) is 26.7 Å². The van der Waals surface area contributed by atoms with E-state index in [0.29, 0.717) is 35.2 Å². The van der Waals surface area contributed by atoms with Gasteiger partial charge in [-0.1, -0.05) is 18.2 Å². The van der Waals surface area contributed by atoms with E-state index in [1.54, 1.807) is 18.2 Å². The number of hydrogen-bond donors (Lipinski definition) is 4. The molecule has 0 amide bonds. The van der Waals surface area contributed by atoms with Crippen LogP contribution in [-0.4, -0.2) is 75.6 Å². The van der Waals surface area contributed by atoms with Crippen LogP contribution in [0.5, 0.6) is 0 Å². The molecule has 13 nitrogen and oxygen atoms in total. The second kappa shape index (κ2) is 8.46. The number of nitrogens with one attached hydrogen (secondary N) is 1. The Morgan fingerprint density at radius 3 is 2.51 bits per heavy atom. The fourth-order valence-electron chi connectivity index (χ4n) is 4.41. The Kier molecular flexibility index (Phi) is 5.68. The van der Waals surface area contributed by atoms with Gasteiger partial charge in [-0.05, 0) is 17.7 Å². The minimum atomic E-state index is -4.55. The molecule has 7 N–H and O–H groups in total. The maximum absolute atomic E-state index is 13.6. The molecule has 184 valence electrons. The Morgan fingerprint density at radius 2 is 1.86 bits per heavy atom. The zero-order chi connectivity index (χ0) is 25.0. The van der Waals surface area contributed by atoms with Gasteiger partial charge >= 0.3 is 0 Å². The predicted molar refractivity (Wildman–Crippen MR) is 130 cm³/mol. The number of H-pyrrole nitrogens is 1. The van der Waals surface area contributed by atoms with Crippen LogP contribution in [0.1, 0.15) is 5.56 Å². The zero-order valence-electron chi connectivity index (χ0n) is 18.4. The average molecular weight is 518 g/mol. The van der Waals surface area contributed by atoms with E-state index in [9.17, 15) is 16.8 Å². The van der Waals surface area contributed by atoms with Crippen LogP contribution < -0.4 is 16.6 Å². The first-order valence-corrected chi connectivity index (χ1v) is 13.7. The van der Waals surface area contributed by atoms with E-state index in [0.717, 1.165) is 0 Å². The second-order valence-corrected chi connectivity index (χ2v) is 12.0. The molecule has 5 rings (SSSR count). The molecule has 1 aromatic heterocycles. The van der Waals surface area contributed by atoms with Crippen molar-refractivity contribution in [2.75, 3.05) is 38.6 Å². The van der Waals surface area contributed by atoms with E-state index in [2.05, 4.69) is 25.2 Å². The first kappa shape index (κ1) is 23.5. The zero-order valence-corrected chi connectivity index (χ0v) is 20.1. The van der Waals surface area contributed by atoms with Crippen LogP contribution in [0, 0.1) is 0 Å². The first-order chi connectivity index (χ1) is 16.6. The fourth-order valence-corrected chi connectivity index (χ4v) is 7.73. The molecule has 1 saturated heterocycles. The molecule has 0 bridgehead atoms. The summed E-state index contributed by atoms with van der Waals surface area (Å²) >= 11 is 0. The number of primary sulfonamides is 1. The molecular formula is C20H23N9O4S2. The highest BCUT2D eigenvalue weighted by molar-refractivity contribution is 7.94. The monoisotopic (exact) mass is 517 g/mol. The summed E-state index contributed by atoms with van der Waals surface area (Å²) in [5.41, 5.74) is 13.3. The number of aromatic nitrogens is 2. The number of sulfonamides is 1. The van der Waals surface area contributed by atoms with E-state index in [1.165, 1.54) is 12.1 Å². The lowest BCUT2D eigenvalue weighted by Crippen LogP contribution is -2.55. The average Bonchev–Trinajstić information content (AvgIpc) is 3.42. The Labute approximate surface area is 201 Å². The van der Waals surface area contributed by atoms with Crippen LogP contribution in [0.4, 0.5) is 5.95 Å². The van der Waals surface area contributed by atoms with Crippen molar-refractivity contribution >= 4 is 42.7 Å². The van der Waals surface area contributed by atoms with Crippen molar-refractivity contribution in [2.45, 2.75) is 15.0 Å². The maximum atomic E-state index is 13.6. The number of nitrogen functional groups attached to an aromatic ring is 1. The largest absolute Gasteiger partial charge is 0.369 e. The number of azo groups is 1. The molecular weight excluding hydrogens is 494 g/mol. The van der Waals surface area contributed by atoms with Crippen molar-refractivity contribution in [3.05, 3.63) is 35.9 Å². The summed E-state index contributed by atoms with van der Waals surface area (Å²) in [5.74, 6) is 0.143. The quantitative estimate of drug-likeness (QED) is 0.335. The molecule has 0 saturated carbocycles. The summed E-state index contributed by atoms with van der Waals surface area (Å²) in [6.07, 6.45) is 0. The maximum Gasteiger partial charge on any atom is 0.240 e. The van der Waals surface area contributed by atoms with Crippen LogP contribution in [0.2, 0.25) is 0 Å². The van der Waals surface area contributed by atoms with Gasteiger partial charge in [-0.2, -0.15) is 5.11 Å². The standard InChI is InChI=1S/C20H23N9O4S2/c21-6-7-29-8-11(9-29)34(30,31)15-5-4-12(13-2-1-3-14-17(13)27-20(22)26-14)16(18(15)35(23,32)33)19-24-10-25-28-19/h1-5,11H,6-10,21H2,(H3,22,26,27)(H2,23,32,33). The van der Waals surface area contributed by atoms with Gasteiger partial charge in [-0.15, -0.1) is 5.11 Å². The third-order valence-electron chi connectivity index (χ3n) is 6.01. The Balaban J connectivity index is 1.78. The molecule has 0 unspecified atom stereocenters. The third-order valence-corrected chi connectivity index (χ3v) is 9.27. The minimum absolute atomic E-state index is 0.0218. The number of imidazole rings is 1. The van der Waals surface area contributed by atoms with Crippen molar-refractivity contribution in [3.8, 4) is 11.1 Å². The van der Waals surface area contributed by atoms with Gasteiger partial charge < -0.3 is 16.5 Å². The highest BCUT2D eigenvalue weighted by Gasteiger charge is 2.42. The summed E-state index contributed by atoms with van der Waals surface area (Å²) in [7, 11) is -8.62. The van der Waals surface area contributed by atoms with E-state index >= 15 is 0 Å². The van der Waals surface area contributed by atoms with Gasteiger partial charge in [-0.3, -0.25) is 4.90 Å². The van der Waals surface area contributed by atoms with Crippen molar-refractivity contribution < 1.29 is 16.8 Å². The molecule has 15 heteroatoms. The molecule has 3 heterocycles. The molecule has 2 aliphatic rings. The van der Waals surface area contributed by atoms with Gasteiger partial charge in [0, 0.05) is 31.7 Å². The van der Waals surface area contributed by atoms with Gasteiger partial charge in [0.2, 0.25) is 10.0 Å². The van der Waals surface area contributed by atoms with Crippen LogP contribution >= 0.6 is 0 Å².